The van der Waals surface area contributed by atoms with Crippen molar-refractivity contribution in [3.63, 3.8) is 0 Å². The lowest BCUT2D eigenvalue weighted by Gasteiger charge is -2.20. The van der Waals surface area contributed by atoms with E-state index >= 15 is 0 Å². The number of rotatable bonds is 3. The Morgan fingerprint density at radius 2 is 1.95 bits per heavy atom. The molecular weight excluding hydrogens is 304 g/mol. The summed E-state index contributed by atoms with van der Waals surface area (Å²) in [7, 11) is -1.44. The number of likely N-dealkylation sites (tertiary alicyclic amines) is 1. The first kappa shape index (κ1) is 15.3. The molecule has 3 N–H and O–H groups in total. The molecule has 2 saturated heterocycles. The number of hydrogen-bond acceptors (Lipinski definition) is 4. The molecule has 0 spiro atoms. The molecule has 0 bridgehead atoms. The fraction of sp³-hybridized carbons (Fsp3) is 0.500. The number of sulfonamides is 1. The summed E-state index contributed by atoms with van der Waals surface area (Å²) in [5.41, 5.74) is 5.51. The molecule has 3 rings (SSSR count). The van der Waals surface area contributed by atoms with Crippen molar-refractivity contribution in [2.75, 3.05) is 32.0 Å². The molecule has 0 radical (unpaired) electrons. The third kappa shape index (κ3) is 2.69. The van der Waals surface area contributed by atoms with Gasteiger partial charge in [0, 0.05) is 24.8 Å². The molecule has 1 aromatic carbocycles. The lowest BCUT2D eigenvalue weighted by molar-refractivity contribution is 0.259. The molecule has 22 heavy (non-hydrogen) atoms. The van der Waals surface area contributed by atoms with Crippen LogP contribution in [0.15, 0.2) is 29.2 Å². The molecule has 2 aliphatic rings. The Morgan fingerprint density at radius 1 is 1.27 bits per heavy atom. The van der Waals surface area contributed by atoms with Gasteiger partial charge in [0.15, 0.2) is 0 Å². The van der Waals surface area contributed by atoms with E-state index < -0.39 is 16.1 Å². The van der Waals surface area contributed by atoms with Crippen molar-refractivity contribution in [1.29, 1.82) is 0 Å². The predicted molar refractivity (Wildman–Crippen MR) is 82.9 cm³/mol. The zero-order valence-corrected chi connectivity index (χ0v) is 13.2. The molecular formula is C14H20N4O3S. The number of hydrogen-bond donors (Lipinski definition) is 2. The quantitative estimate of drug-likeness (QED) is 0.846. The molecule has 7 nitrogen and oxygen atoms in total. The van der Waals surface area contributed by atoms with Crippen LogP contribution in [-0.4, -0.2) is 56.4 Å². The summed E-state index contributed by atoms with van der Waals surface area (Å²) in [4.78, 5) is 13.3. The highest BCUT2D eigenvalue weighted by atomic mass is 32.2. The molecule has 2 atom stereocenters. The van der Waals surface area contributed by atoms with E-state index in [0.717, 1.165) is 13.0 Å². The zero-order chi connectivity index (χ0) is 15.9. The van der Waals surface area contributed by atoms with Crippen LogP contribution < -0.4 is 11.1 Å². The second kappa shape index (κ2) is 5.53. The van der Waals surface area contributed by atoms with E-state index in [0.29, 0.717) is 30.7 Å². The normalized spacial score (nSPS) is 26.0. The molecule has 2 heterocycles. The summed E-state index contributed by atoms with van der Waals surface area (Å²) >= 11 is 0. The number of amides is 2. The first-order valence-corrected chi connectivity index (χ1v) is 8.69. The first-order chi connectivity index (χ1) is 10.4. The molecule has 0 saturated carbocycles. The predicted octanol–water partition coefficient (Wildman–Crippen LogP) is 0.502. The Kier molecular flexibility index (Phi) is 3.84. The highest BCUT2D eigenvalue weighted by Crippen LogP contribution is 2.33. The number of carbonyl (C=O) groups excluding carboxylic acids is 1. The summed E-state index contributed by atoms with van der Waals surface area (Å²) in [5.74, 6) is 0.426. The number of anilines is 1. The lowest BCUT2D eigenvalue weighted by atomic mass is 10.1. The Hall–Kier alpha value is -1.64. The van der Waals surface area contributed by atoms with Crippen LogP contribution in [0.25, 0.3) is 0 Å². The molecule has 2 amide bonds. The van der Waals surface area contributed by atoms with Gasteiger partial charge in [-0.15, -0.1) is 0 Å². The molecule has 8 heteroatoms. The van der Waals surface area contributed by atoms with Crippen molar-refractivity contribution in [3.05, 3.63) is 24.3 Å². The third-order valence-electron chi connectivity index (χ3n) is 4.55. The lowest BCUT2D eigenvalue weighted by Crippen LogP contribution is -2.35. The molecule has 0 aromatic heterocycles. The number of urea groups is 1. The van der Waals surface area contributed by atoms with E-state index in [1.807, 2.05) is 7.05 Å². The van der Waals surface area contributed by atoms with E-state index in [2.05, 4.69) is 10.2 Å². The molecule has 0 aliphatic carbocycles. The van der Waals surface area contributed by atoms with Gasteiger partial charge in [0.25, 0.3) is 0 Å². The second-order valence-corrected chi connectivity index (χ2v) is 7.87. The van der Waals surface area contributed by atoms with Gasteiger partial charge < -0.3 is 16.0 Å². The number of nitrogens with two attached hydrogens (primary N) is 1. The average molecular weight is 324 g/mol. The van der Waals surface area contributed by atoms with Crippen molar-refractivity contribution >= 4 is 21.7 Å². The molecule has 2 aliphatic heterocycles. The fourth-order valence-corrected chi connectivity index (χ4v) is 4.85. The Bertz CT molecular complexity index is 674. The smallest absolute Gasteiger partial charge is 0.316 e. The van der Waals surface area contributed by atoms with Gasteiger partial charge in [0.1, 0.15) is 0 Å². The summed E-state index contributed by atoms with van der Waals surface area (Å²) in [6.45, 7) is 2.17. The monoisotopic (exact) mass is 324 g/mol. The molecule has 2 fully saturated rings. The maximum absolute atomic E-state index is 12.7. The minimum atomic E-state index is -3.49. The van der Waals surface area contributed by atoms with Crippen molar-refractivity contribution in [2.45, 2.75) is 17.4 Å². The van der Waals surface area contributed by atoms with Gasteiger partial charge in [-0.25, -0.2) is 13.2 Å². The fourth-order valence-electron chi connectivity index (χ4n) is 3.33. The number of benzene rings is 1. The van der Waals surface area contributed by atoms with E-state index in [1.165, 1.54) is 12.1 Å². The van der Waals surface area contributed by atoms with Crippen LogP contribution in [0, 0.1) is 5.92 Å². The van der Waals surface area contributed by atoms with E-state index in [-0.39, 0.29) is 4.90 Å². The second-order valence-electron chi connectivity index (χ2n) is 5.93. The molecule has 0 unspecified atom stereocenters. The number of nitrogens with one attached hydrogen (secondary N) is 1. The summed E-state index contributed by atoms with van der Waals surface area (Å²) < 4.78 is 27.0. The van der Waals surface area contributed by atoms with Crippen LogP contribution in [0.2, 0.25) is 0 Å². The number of carbonyl (C=O) groups is 1. The van der Waals surface area contributed by atoms with Crippen LogP contribution in [0.4, 0.5) is 10.5 Å². The molecule has 120 valence electrons. The Morgan fingerprint density at radius 3 is 2.55 bits per heavy atom. The van der Waals surface area contributed by atoms with Crippen molar-refractivity contribution in [2.24, 2.45) is 11.7 Å². The summed E-state index contributed by atoms with van der Waals surface area (Å²) in [6, 6.07) is 5.73. The topological polar surface area (TPSA) is 95.7 Å². The number of primary amides is 1. The van der Waals surface area contributed by atoms with Crippen molar-refractivity contribution < 1.29 is 13.2 Å². The van der Waals surface area contributed by atoms with Crippen molar-refractivity contribution in [3.8, 4) is 0 Å². The van der Waals surface area contributed by atoms with Gasteiger partial charge in [-0.3, -0.25) is 0 Å². The van der Waals surface area contributed by atoms with E-state index in [1.54, 1.807) is 16.4 Å². The highest BCUT2D eigenvalue weighted by molar-refractivity contribution is 7.89. The van der Waals surface area contributed by atoms with Crippen LogP contribution >= 0.6 is 0 Å². The van der Waals surface area contributed by atoms with Crippen LogP contribution in [0.3, 0.4) is 0 Å². The maximum Gasteiger partial charge on any atom is 0.316 e. The number of likely N-dealkylation sites (N-methyl/N-ethyl adjacent to an activating group) is 1. The van der Waals surface area contributed by atoms with Gasteiger partial charge in [0.2, 0.25) is 10.0 Å². The van der Waals surface area contributed by atoms with Crippen LogP contribution in [0.5, 0.6) is 0 Å². The van der Waals surface area contributed by atoms with Crippen molar-refractivity contribution in [1.82, 2.24) is 9.21 Å². The minimum absolute atomic E-state index is 0.241. The largest absolute Gasteiger partial charge is 0.351 e. The number of nitrogens with zero attached hydrogens (tertiary/aromatic N) is 2. The zero-order valence-electron chi connectivity index (χ0n) is 12.4. The maximum atomic E-state index is 12.7. The Labute approximate surface area is 130 Å². The highest BCUT2D eigenvalue weighted by Gasteiger charge is 2.43. The average Bonchev–Trinajstić information content (AvgIpc) is 3.02. The van der Waals surface area contributed by atoms with Gasteiger partial charge in [0.05, 0.1) is 4.90 Å². The van der Waals surface area contributed by atoms with Gasteiger partial charge in [-0.2, -0.15) is 4.31 Å². The van der Waals surface area contributed by atoms with Gasteiger partial charge in [-0.1, -0.05) is 0 Å². The number of fused-ring (bicyclic) bond motifs is 1. The summed E-state index contributed by atoms with van der Waals surface area (Å²) in [6.07, 6.45) is 1.05. The Balaban J connectivity index is 1.77. The van der Waals surface area contributed by atoms with Crippen LogP contribution in [0.1, 0.15) is 6.42 Å². The SMILES string of the molecule is CN1CC[C@H]2CN(S(=O)(=O)c3ccc(NC(N)=O)cc3)C[C@H]21. The standard InChI is InChI=1S/C14H20N4O3S/c1-17-7-6-10-8-18(9-13(10)17)22(20,21)12-4-2-11(3-5-12)16-14(15)19/h2-5,10,13H,6-9H2,1H3,(H3,15,16,19)/t10-,13+/m0/s1. The van der Waals surface area contributed by atoms with Crippen LogP contribution in [-0.2, 0) is 10.0 Å². The summed E-state index contributed by atoms with van der Waals surface area (Å²) in [5, 5.41) is 2.41. The third-order valence-corrected chi connectivity index (χ3v) is 6.40. The van der Waals surface area contributed by atoms with E-state index in [9.17, 15) is 13.2 Å². The van der Waals surface area contributed by atoms with Gasteiger partial charge in [-0.05, 0) is 50.2 Å². The minimum Gasteiger partial charge on any atom is -0.351 e. The van der Waals surface area contributed by atoms with Gasteiger partial charge >= 0.3 is 6.03 Å². The van der Waals surface area contributed by atoms with E-state index in [4.69, 9.17) is 5.73 Å². The first-order valence-electron chi connectivity index (χ1n) is 7.25. The molecule has 1 aromatic rings.